The third kappa shape index (κ3) is 3.23. The van der Waals surface area contributed by atoms with E-state index in [0.717, 1.165) is 18.4 Å². The number of nitrogens with zero attached hydrogens (tertiary/aromatic N) is 1. The molecule has 1 aromatic rings. The molecule has 1 unspecified atom stereocenters. The van der Waals surface area contributed by atoms with Crippen LogP contribution in [0, 0.1) is 12.8 Å². The van der Waals surface area contributed by atoms with Gasteiger partial charge in [-0.05, 0) is 31.0 Å². The highest BCUT2D eigenvalue weighted by atomic mass is 16.2. The molecule has 106 valence electrons. The predicted octanol–water partition coefficient (Wildman–Crippen LogP) is 2.37. The summed E-state index contributed by atoms with van der Waals surface area (Å²) in [6.07, 6.45) is 3.43. The topological polar surface area (TPSA) is 70.6 Å². The molecule has 0 aliphatic carbocycles. The summed E-state index contributed by atoms with van der Waals surface area (Å²) in [7, 11) is 0. The third-order valence-electron chi connectivity index (χ3n) is 3.15. The van der Waals surface area contributed by atoms with Crippen molar-refractivity contribution in [3.63, 3.8) is 0 Å². The first-order valence-electron chi connectivity index (χ1n) is 6.84. The highest BCUT2D eigenvalue weighted by molar-refractivity contribution is 6.23. The van der Waals surface area contributed by atoms with Crippen LogP contribution < -0.4 is 10.6 Å². The van der Waals surface area contributed by atoms with Crippen LogP contribution >= 0.6 is 0 Å². The van der Waals surface area contributed by atoms with Gasteiger partial charge in [0.25, 0.3) is 0 Å². The molecule has 2 N–H and O–H groups in total. The monoisotopic (exact) mass is 273 g/mol. The number of nitrogens with one attached hydrogen (secondary N) is 2. The highest BCUT2D eigenvalue weighted by Crippen LogP contribution is 2.26. The van der Waals surface area contributed by atoms with Gasteiger partial charge in [-0.3, -0.25) is 14.6 Å². The van der Waals surface area contributed by atoms with Crippen molar-refractivity contribution in [3.8, 4) is 0 Å². The van der Waals surface area contributed by atoms with Gasteiger partial charge in [-0.2, -0.15) is 0 Å². The smallest absolute Gasteiger partial charge is 0.242 e. The van der Waals surface area contributed by atoms with Crippen LogP contribution in [0.1, 0.15) is 25.3 Å². The molecule has 0 saturated carbocycles. The van der Waals surface area contributed by atoms with Crippen LogP contribution in [0.4, 0.5) is 11.4 Å². The lowest BCUT2D eigenvalue weighted by molar-refractivity contribution is -0.126. The number of anilines is 2. The minimum Gasteiger partial charge on any atom is -0.323 e. The summed E-state index contributed by atoms with van der Waals surface area (Å²) >= 11 is 0. The van der Waals surface area contributed by atoms with Gasteiger partial charge in [-0.15, -0.1) is 0 Å². The van der Waals surface area contributed by atoms with E-state index in [9.17, 15) is 9.59 Å². The Bertz CT molecular complexity index is 552. The first kappa shape index (κ1) is 14.2. The number of aryl methyl sites for hydroxylation is 1. The van der Waals surface area contributed by atoms with Gasteiger partial charge in [0.05, 0.1) is 11.4 Å². The predicted molar refractivity (Wildman–Crippen MR) is 80.2 cm³/mol. The van der Waals surface area contributed by atoms with Gasteiger partial charge in [0.15, 0.2) is 5.92 Å². The Morgan fingerprint density at radius 2 is 1.90 bits per heavy atom. The molecule has 0 saturated heterocycles. The number of carbonyl (C=O) groups excluding carboxylic acids is 2. The van der Waals surface area contributed by atoms with Gasteiger partial charge in [-0.25, -0.2) is 0 Å². The summed E-state index contributed by atoms with van der Waals surface area (Å²) in [6.45, 7) is 4.64. The Morgan fingerprint density at radius 3 is 2.60 bits per heavy atom. The average molecular weight is 273 g/mol. The number of amides is 2. The minimum atomic E-state index is -0.875. The molecule has 1 aliphatic heterocycles. The number of fused-ring (bicyclic) bond motifs is 1. The molecule has 0 fully saturated rings. The third-order valence-corrected chi connectivity index (χ3v) is 3.15. The lowest BCUT2D eigenvalue weighted by Gasteiger charge is -2.06. The van der Waals surface area contributed by atoms with E-state index in [1.807, 2.05) is 19.1 Å². The van der Waals surface area contributed by atoms with Gasteiger partial charge in [0.1, 0.15) is 0 Å². The van der Waals surface area contributed by atoms with E-state index >= 15 is 0 Å². The second-order valence-corrected chi connectivity index (χ2v) is 4.91. The fourth-order valence-electron chi connectivity index (χ4n) is 1.98. The van der Waals surface area contributed by atoms with E-state index in [1.54, 1.807) is 6.07 Å². The van der Waals surface area contributed by atoms with Crippen LogP contribution in [0.5, 0.6) is 0 Å². The summed E-state index contributed by atoms with van der Waals surface area (Å²) in [5, 5.41) is 5.53. The van der Waals surface area contributed by atoms with Gasteiger partial charge in [0, 0.05) is 12.8 Å². The van der Waals surface area contributed by atoms with E-state index in [4.69, 9.17) is 0 Å². The summed E-state index contributed by atoms with van der Waals surface area (Å²) in [6, 6.07) is 5.52. The van der Waals surface area contributed by atoms with Crippen molar-refractivity contribution >= 4 is 29.4 Å². The molecule has 5 heteroatoms. The Hall–Kier alpha value is -2.17. The first-order valence-corrected chi connectivity index (χ1v) is 6.84. The molecular weight excluding hydrogens is 254 g/mol. The lowest BCUT2D eigenvalue weighted by Crippen LogP contribution is -2.32. The largest absolute Gasteiger partial charge is 0.323 e. The molecule has 1 aromatic carbocycles. The molecule has 1 heterocycles. The summed E-state index contributed by atoms with van der Waals surface area (Å²) in [5.41, 5.74) is 2.28. The number of hydrogen-bond donors (Lipinski definition) is 2. The van der Waals surface area contributed by atoms with Crippen molar-refractivity contribution < 1.29 is 9.59 Å². The number of benzene rings is 1. The molecular formula is C15H19N3O2. The van der Waals surface area contributed by atoms with Crippen molar-refractivity contribution in [3.05, 3.63) is 23.8 Å². The molecule has 0 radical (unpaired) electrons. The molecule has 0 spiro atoms. The van der Waals surface area contributed by atoms with E-state index in [-0.39, 0.29) is 11.8 Å². The molecule has 0 bridgehead atoms. The maximum atomic E-state index is 12.1. The summed E-state index contributed by atoms with van der Waals surface area (Å²) in [4.78, 5) is 28.3. The molecule has 1 aliphatic rings. The van der Waals surface area contributed by atoms with Gasteiger partial charge < -0.3 is 10.6 Å². The Kier molecular flexibility index (Phi) is 4.50. The molecule has 5 nitrogen and oxygen atoms in total. The summed E-state index contributed by atoms with van der Waals surface area (Å²) in [5.74, 6) is -1.56. The molecule has 1 atom stereocenters. The fourth-order valence-corrected chi connectivity index (χ4v) is 1.98. The van der Waals surface area contributed by atoms with Crippen LogP contribution in [0.2, 0.25) is 0 Å². The maximum Gasteiger partial charge on any atom is 0.242 e. The van der Waals surface area contributed by atoms with Gasteiger partial charge in [0.2, 0.25) is 11.8 Å². The van der Waals surface area contributed by atoms with E-state index < -0.39 is 5.92 Å². The second kappa shape index (κ2) is 6.32. The van der Waals surface area contributed by atoms with Crippen LogP contribution in [-0.4, -0.2) is 24.6 Å². The minimum absolute atomic E-state index is 0.341. The Morgan fingerprint density at radius 1 is 1.20 bits per heavy atom. The zero-order valence-corrected chi connectivity index (χ0v) is 11.8. The van der Waals surface area contributed by atoms with Crippen LogP contribution in [0.15, 0.2) is 23.2 Å². The fraction of sp³-hybridized carbons (Fsp3) is 0.400. The Balaban J connectivity index is 2.17. The number of carbonyl (C=O) groups is 2. The average Bonchev–Trinajstić information content (AvgIpc) is 2.52. The van der Waals surface area contributed by atoms with Crippen molar-refractivity contribution in [2.24, 2.45) is 10.9 Å². The number of unbranched alkanes of at least 4 members (excludes halogenated alkanes) is 1. The number of hydrogen-bond acceptors (Lipinski definition) is 3. The number of rotatable bonds is 4. The van der Waals surface area contributed by atoms with Crippen LogP contribution in [0.25, 0.3) is 0 Å². The van der Waals surface area contributed by atoms with E-state index in [2.05, 4.69) is 22.5 Å². The zero-order valence-electron chi connectivity index (χ0n) is 11.8. The molecule has 0 aromatic heterocycles. The zero-order chi connectivity index (χ0) is 14.5. The van der Waals surface area contributed by atoms with Crippen molar-refractivity contribution in [1.29, 1.82) is 0 Å². The standard InChI is InChI=1S/C15H19N3O2/c1-3-4-7-16-9-11-14(19)17-12-6-5-10(2)8-13(12)18-15(11)20/h5-6,8-9,11H,3-4,7H2,1-2H3,(H,17,19)(H,18,20). The van der Waals surface area contributed by atoms with Gasteiger partial charge in [-0.1, -0.05) is 19.4 Å². The van der Waals surface area contributed by atoms with Crippen molar-refractivity contribution in [2.75, 3.05) is 17.2 Å². The van der Waals surface area contributed by atoms with E-state index in [1.165, 1.54) is 6.21 Å². The molecule has 20 heavy (non-hydrogen) atoms. The first-order chi connectivity index (χ1) is 9.61. The SMILES string of the molecule is CCCCN=CC1C(=O)Nc2ccc(C)cc2NC1=O. The van der Waals surface area contributed by atoms with Crippen molar-refractivity contribution in [2.45, 2.75) is 26.7 Å². The maximum absolute atomic E-state index is 12.1. The van der Waals surface area contributed by atoms with E-state index in [0.29, 0.717) is 17.9 Å². The Labute approximate surface area is 118 Å². The van der Waals surface area contributed by atoms with Gasteiger partial charge >= 0.3 is 0 Å². The highest BCUT2D eigenvalue weighted by Gasteiger charge is 2.29. The normalized spacial score (nSPS) is 18.4. The molecule has 2 amide bonds. The molecule has 2 rings (SSSR count). The lowest BCUT2D eigenvalue weighted by atomic mass is 10.1. The number of aliphatic imine (C=N–C) groups is 1. The summed E-state index contributed by atoms with van der Waals surface area (Å²) < 4.78 is 0. The van der Waals surface area contributed by atoms with Crippen LogP contribution in [-0.2, 0) is 9.59 Å². The quantitative estimate of drug-likeness (QED) is 0.502. The second-order valence-electron chi connectivity index (χ2n) is 4.91. The van der Waals surface area contributed by atoms with Crippen molar-refractivity contribution in [1.82, 2.24) is 0 Å². The van der Waals surface area contributed by atoms with Crippen LogP contribution in [0.3, 0.4) is 0 Å².